The first-order valence-electron chi connectivity index (χ1n) is 9.60. The van der Waals surface area contributed by atoms with Crippen molar-refractivity contribution in [3.63, 3.8) is 0 Å². The second-order valence-corrected chi connectivity index (χ2v) is 7.46. The Kier molecular flexibility index (Phi) is 6.04. The van der Waals surface area contributed by atoms with Gasteiger partial charge in [0.1, 0.15) is 16.5 Å². The van der Waals surface area contributed by atoms with Crippen LogP contribution in [0, 0.1) is 0 Å². The number of carbonyl (C=O) groups excluding carboxylic acids is 1. The highest BCUT2D eigenvalue weighted by Gasteiger charge is 2.12. The Morgan fingerprint density at radius 1 is 1.20 bits per heavy atom. The number of aromatic nitrogens is 3. The molecule has 0 aliphatic carbocycles. The normalized spacial score (nSPS) is 11.0. The molecule has 0 saturated heterocycles. The molecular weight excluding hydrogens is 400 g/mol. The summed E-state index contributed by atoms with van der Waals surface area (Å²) in [5.41, 5.74) is 3.44. The highest BCUT2D eigenvalue weighted by Crippen LogP contribution is 2.26. The fourth-order valence-electron chi connectivity index (χ4n) is 3.19. The molecule has 8 heteroatoms. The molecule has 0 bridgehead atoms. The number of methoxy groups -OCH3 is 1. The van der Waals surface area contributed by atoms with Crippen molar-refractivity contribution in [2.24, 2.45) is 0 Å². The van der Waals surface area contributed by atoms with Crippen molar-refractivity contribution in [2.45, 2.75) is 18.5 Å². The van der Waals surface area contributed by atoms with Crippen LogP contribution < -0.4 is 14.8 Å². The van der Waals surface area contributed by atoms with Crippen molar-refractivity contribution >= 4 is 34.3 Å². The third-order valence-corrected chi connectivity index (χ3v) is 5.57. The average molecular weight is 423 g/mol. The lowest BCUT2D eigenvalue weighted by Crippen LogP contribution is -2.24. The summed E-state index contributed by atoms with van der Waals surface area (Å²) in [4.78, 5) is 21.4. The van der Waals surface area contributed by atoms with Crippen molar-refractivity contribution in [1.29, 1.82) is 0 Å². The Labute approximate surface area is 178 Å². The van der Waals surface area contributed by atoms with E-state index in [4.69, 9.17) is 9.47 Å². The van der Waals surface area contributed by atoms with Crippen molar-refractivity contribution in [2.75, 3.05) is 19.5 Å². The molecule has 1 N–H and O–H groups in total. The molecule has 0 unspecified atom stereocenters. The van der Waals surface area contributed by atoms with Crippen LogP contribution in [0.4, 0.5) is 0 Å². The van der Waals surface area contributed by atoms with Gasteiger partial charge >= 0.3 is 0 Å². The van der Waals surface area contributed by atoms with Crippen LogP contribution in [0.2, 0.25) is 0 Å². The third-order valence-electron chi connectivity index (χ3n) is 4.59. The van der Waals surface area contributed by atoms with E-state index in [0.29, 0.717) is 24.5 Å². The van der Waals surface area contributed by atoms with E-state index in [1.165, 1.54) is 11.8 Å². The lowest BCUT2D eigenvalue weighted by Gasteiger charge is -2.12. The molecule has 3 aromatic heterocycles. The summed E-state index contributed by atoms with van der Waals surface area (Å²) in [6, 6.07) is 13.4. The number of amides is 1. The zero-order chi connectivity index (χ0) is 20.9. The number of ether oxygens (including phenoxy) is 2. The van der Waals surface area contributed by atoms with Crippen molar-refractivity contribution in [3.05, 3.63) is 60.4 Å². The van der Waals surface area contributed by atoms with Crippen LogP contribution in [-0.4, -0.2) is 39.7 Å². The van der Waals surface area contributed by atoms with Crippen LogP contribution >= 0.6 is 11.8 Å². The molecule has 1 aromatic carbocycles. The average Bonchev–Trinajstić information content (AvgIpc) is 3.27. The largest absolute Gasteiger partial charge is 0.496 e. The van der Waals surface area contributed by atoms with E-state index in [-0.39, 0.29) is 11.7 Å². The third kappa shape index (κ3) is 4.18. The molecule has 1 amide bonds. The topological polar surface area (TPSA) is 77.8 Å². The summed E-state index contributed by atoms with van der Waals surface area (Å²) in [6.07, 6.45) is 3.69. The molecule has 4 rings (SSSR count). The minimum Gasteiger partial charge on any atom is -0.496 e. The first-order valence-corrected chi connectivity index (χ1v) is 10.6. The number of benzene rings is 1. The predicted molar refractivity (Wildman–Crippen MR) is 117 cm³/mol. The van der Waals surface area contributed by atoms with Gasteiger partial charge < -0.3 is 19.2 Å². The number of hydrogen-bond acceptors (Lipinski definition) is 6. The first kappa shape index (κ1) is 20.0. The number of carbonyl (C=O) groups is 1. The van der Waals surface area contributed by atoms with Crippen molar-refractivity contribution in [3.8, 4) is 11.5 Å². The number of rotatable bonds is 8. The molecule has 0 atom stereocenters. The molecule has 4 aromatic rings. The summed E-state index contributed by atoms with van der Waals surface area (Å²) >= 11 is 1.40. The monoisotopic (exact) mass is 422 g/mol. The molecule has 0 aliphatic heterocycles. The summed E-state index contributed by atoms with van der Waals surface area (Å²) in [5.74, 6) is 1.60. The van der Waals surface area contributed by atoms with E-state index in [0.717, 1.165) is 27.4 Å². The quantitative estimate of drug-likeness (QED) is 0.436. The first-order chi connectivity index (χ1) is 14.7. The minimum atomic E-state index is -0.0800. The maximum absolute atomic E-state index is 12.4. The van der Waals surface area contributed by atoms with Gasteiger partial charge in [-0.3, -0.25) is 4.79 Å². The molecule has 154 valence electrons. The highest BCUT2D eigenvalue weighted by atomic mass is 32.2. The van der Waals surface area contributed by atoms with E-state index in [2.05, 4.69) is 15.3 Å². The van der Waals surface area contributed by atoms with Crippen LogP contribution in [0.5, 0.6) is 11.5 Å². The second kappa shape index (κ2) is 9.04. The van der Waals surface area contributed by atoms with Gasteiger partial charge in [-0.15, -0.1) is 0 Å². The SMILES string of the molecule is CCOc1ccc(CNC(=O)CSc2nc3ncccc3n3cccc23)c(OC)c1. The molecule has 0 radical (unpaired) electrons. The van der Waals surface area contributed by atoms with Gasteiger partial charge in [-0.05, 0) is 43.3 Å². The Balaban J connectivity index is 1.42. The molecule has 0 spiro atoms. The lowest BCUT2D eigenvalue weighted by molar-refractivity contribution is -0.118. The number of fused-ring (bicyclic) bond motifs is 3. The van der Waals surface area contributed by atoms with Gasteiger partial charge in [0.2, 0.25) is 5.91 Å². The maximum Gasteiger partial charge on any atom is 0.230 e. The molecule has 30 heavy (non-hydrogen) atoms. The van der Waals surface area contributed by atoms with E-state index in [1.54, 1.807) is 13.3 Å². The van der Waals surface area contributed by atoms with Gasteiger partial charge in [-0.1, -0.05) is 11.8 Å². The van der Waals surface area contributed by atoms with E-state index in [1.807, 2.05) is 60.0 Å². The highest BCUT2D eigenvalue weighted by molar-refractivity contribution is 8.00. The standard InChI is InChI=1S/C22H22N4O3S/c1-3-29-16-9-8-15(19(12-16)28-2)13-24-20(27)14-30-22-18-7-5-11-26(18)17-6-4-10-23-21(17)25-22/h4-12H,3,13-14H2,1-2H3,(H,24,27). The second-order valence-electron chi connectivity index (χ2n) is 6.50. The number of pyridine rings is 1. The molecule has 0 aliphatic rings. The molecular formula is C22H22N4O3S. The number of nitrogens with zero attached hydrogens (tertiary/aromatic N) is 3. The van der Waals surface area contributed by atoms with Crippen molar-refractivity contribution in [1.82, 2.24) is 19.7 Å². The zero-order valence-electron chi connectivity index (χ0n) is 16.8. The Morgan fingerprint density at radius 2 is 2.07 bits per heavy atom. The van der Waals surface area contributed by atoms with E-state index in [9.17, 15) is 4.79 Å². The Morgan fingerprint density at radius 3 is 2.90 bits per heavy atom. The predicted octanol–water partition coefficient (Wildman–Crippen LogP) is 3.70. The number of nitrogens with one attached hydrogen (secondary N) is 1. The van der Waals surface area contributed by atoms with Gasteiger partial charge in [0, 0.05) is 30.6 Å². The Bertz CT molecular complexity index is 1190. The molecule has 7 nitrogen and oxygen atoms in total. The maximum atomic E-state index is 12.4. The molecule has 0 saturated carbocycles. The van der Waals surface area contributed by atoms with Crippen LogP contribution in [0.15, 0.2) is 59.9 Å². The minimum absolute atomic E-state index is 0.0800. The van der Waals surface area contributed by atoms with E-state index >= 15 is 0 Å². The van der Waals surface area contributed by atoms with Gasteiger partial charge in [0.25, 0.3) is 0 Å². The molecule has 3 heterocycles. The van der Waals surface area contributed by atoms with Gasteiger partial charge in [0.15, 0.2) is 5.65 Å². The van der Waals surface area contributed by atoms with Crippen molar-refractivity contribution < 1.29 is 14.3 Å². The van der Waals surface area contributed by atoms with Crippen LogP contribution in [-0.2, 0) is 11.3 Å². The number of hydrogen-bond donors (Lipinski definition) is 1. The van der Waals surface area contributed by atoms with Crippen LogP contribution in [0.25, 0.3) is 16.7 Å². The number of thioether (sulfide) groups is 1. The Hall–Kier alpha value is -3.26. The van der Waals surface area contributed by atoms with Crippen LogP contribution in [0.1, 0.15) is 12.5 Å². The summed E-state index contributed by atoms with van der Waals surface area (Å²) in [7, 11) is 1.61. The lowest BCUT2D eigenvalue weighted by atomic mass is 10.2. The zero-order valence-corrected chi connectivity index (χ0v) is 17.6. The smallest absolute Gasteiger partial charge is 0.230 e. The van der Waals surface area contributed by atoms with Gasteiger partial charge in [0.05, 0.1) is 30.5 Å². The van der Waals surface area contributed by atoms with Crippen LogP contribution in [0.3, 0.4) is 0 Å². The summed E-state index contributed by atoms with van der Waals surface area (Å²) in [6.45, 7) is 2.90. The summed E-state index contributed by atoms with van der Waals surface area (Å²) < 4.78 is 13.0. The fraction of sp³-hybridized carbons (Fsp3) is 0.227. The van der Waals surface area contributed by atoms with Gasteiger partial charge in [-0.2, -0.15) is 0 Å². The van der Waals surface area contributed by atoms with E-state index < -0.39 is 0 Å². The molecule has 0 fully saturated rings. The fourth-order valence-corrected chi connectivity index (χ4v) is 4.03. The van der Waals surface area contributed by atoms with Gasteiger partial charge in [-0.25, -0.2) is 9.97 Å². The summed E-state index contributed by atoms with van der Waals surface area (Å²) in [5, 5.41) is 3.72.